The molecule has 0 aromatic heterocycles. The van der Waals surface area contributed by atoms with Gasteiger partial charge >= 0.3 is 12.1 Å². The molecule has 1 aliphatic rings. The zero-order valence-electron chi connectivity index (χ0n) is 13.5. The maximum Gasteiger partial charge on any atom is 0.405 e. The molecule has 1 aromatic rings. The number of nitrogens with two attached hydrogens (primary N) is 1. The number of benzene rings is 1. The average molecular weight is 358 g/mol. The van der Waals surface area contributed by atoms with E-state index in [0.29, 0.717) is 22.8 Å². The highest BCUT2D eigenvalue weighted by Gasteiger charge is 2.19. The summed E-state index contributed by atoms with van der Waals surface area (Å²) in [5.74, 6) is -1.75. The van der Waals surface area contributed by atoms with E-state index in [4.69, 9.17) is 10.8 Å². The quantitative estimate of drug-likeness (QED) is 0.710. The standard InChI is InChI=1S/C10H8FNO3S.C5H11NO2/c11-6-4-8-7(3-5(6)10(14)15)12-9(13)1-2-16-8;1-5(2,3)8-4(6)7/h3-4H,1-2H2,(H,12,13)(H,14,15);1-3H3,(H2,6,7). The summed E-state index contributed by atoms with van der Waals surface area (Å²) in [6, 6.07) is 2.30. The molecule has 0 atom stereocenters. The van der Waals surface area contributed by atoms with Crippen molar-refractivity contribution in [1.29, 1.82) is 0 Å². The van der Waals surface area contributed by atoms with Crippen molar-refractivity contribution in [2.24, 2.45) is 5.73 Å². The third kappa shape index (κ3) is 6.45. The van der Waals surface area contributed by atoms with Crippen LogP contribution in [0.4, 0.5) is 14.9 Å². The van der Waals surface area contributed by atoms with Gasteiger partial charge in [0.15, 0.2) is 0 Å². The summed E-state index contributed by atoms with van der Waals surface area (Å²) in [6.45, 7) is 5.28. The summed E-state index contributed by atoms with van der Waals surface area (Å²) < 4.78 is 17.9. The molecule has 0 radical (unpaired) electrons. The van der Waals surface area contributed by atoms with Crippen LogP contribution in [0.1, 0.15) is 37.6 Å². The molecule has 0 bridgehead atoms. The number of hydrogen-bond acceptors (Lipinski definition) is 5. The maximum absolute atomic E-state index is 13.4. The molecule has 4 N–H and O–H groups in total. The van der Waals surface area contributed by atoms with Crippen LogP contribution in [-0.2, 0) is 9.53 Å². The van der Waals surface area contributed by atoms with Crippen LogP contribution < -0.4 is 11.1 Å². The predicted molar refractivity (Wildman–Crippen MR) is 87.8 cm³/mol. The lowest BCUT2D eigenvalue weighted by molar-refractivity contribution is -0.115. The Kier molecular flexibility index (Phi) is 6.59. The van der Waals surface area contributed by atoms with Crippen LogP contribution in [0.15, 0.2) is 17.0 Å². The number of nitrogens with one attached hydrogen (secondary N) is 1. The molecule has 0 unspecified atom stereocenters. The first-order valence-corrected chi connectivity index (χ1v) is 7.96. The molecule has 132 valence electrons. The summed E-state index contributed by atoms with van der Waals surface area (Å²) in [6.07, 6.45) is -0.388. The Hall–Kier alpha value is -2.29. The molecular weight excluding hydrogens is 339 g/mol. The van der Waals surface area contributed by atoms with Gasteiger partial charge in [-0.2, -0.15) is 0 Å². The number of carbonyl (C=O) groups is 3. The third-order valence-corrected chi connectivity index (χ3v) is 3.62. The van der Waals surface area contributed by atoms with Crippen molar-refractivity contribution in [2.75, 3.05) is 11.1 Å². The minimum absolute atomic E-state index is 0.186. The second kappa shape index (κ2) is 8.00. The van der Waals surface area contributed by atoms with Gasteiger partial charge in [0.2, 0.25) is 5.91 Å². The number of carbonyl (C=O) groups excluding carboxylic acids is 2. The fraction of sp³-hybridized carbons (Fsp3) is 0.400. The van der Waals surface area contributed by atoms with Crippen molar-refractivity contribution in [3.05, 3.63) is 23.5 Å². The number of ether oxygens (including phenoxy) is 1. The Morgan fingerprint density at radius 2 is 2.00 bits per heavy atom. The first kappa shape index (κ1) is 19.8. The molecule has 2 rings (SSSR count). The SMILES string of the molecule is CC(C)(C)OC(N)=O.O=C1CCSc2cc(F)c(C(=O)O)cc2N1. The molecule has 0 saturated heterocycles. The van der Waals surface area contributed by atoms with Crippen LogP contribution in [-0.4, -0.2) is 34.4 Å². The van der Waals surface area contributed by atoms with E-state index in [1.54, 1.807) is 20.8 Å². The number of carboxylic acid groups (broad SMARTS) is 1. The van der Waals surface area contributed by atoms with E-state index >= 15 is 0 Å². The number of halogens is 1. The first-order valence-electron chi connectivity index (χ1n) is 6.97. The normalized spacial score (nSPS) is 13.6. The van der Waals surface area contributed by atoms with E-state index in [0.717, 1.165) is 12.1 Å². The lowest BCUT2D eigenvalue weighted by Gasteiger charge is -2.16. The fourth-order valence-corrected chi connectivity index (χ4v) is 2.66. The van der Waals surface area contributed by atoms with E-state index in [1.165, 1.54) is 11.8 Å². The van der Waals surface area contributed by atoms with Crippen LogP contribution in [0, 0.1) is 5.82 Å². The number of thioether (sulfide) groups is 1. The highest BCUT2D eigenvalue weighted by Crippen LogP contribution is 2.32. The van der Waals surface area contributed by atoms with Crippen molar-refractivity contribution < 1.29 is 28.6 Å². The molecule has 1 aliphatic heterocycles. The molecule has 24 heavy (non-hydrogen) atoms. The molecule has 0 spiro atoms. The third-order valence-electron chi connectivity index (χ3n) is 2.57. The molecule has 9 heteroatoms. The van der Waals surface area contributed by atoms with Crippen molar-refractivity contribution in [1.82, 2.24) is 0 Å². The summed E-state index contributed by atoms with van der Waals surface area (Å²) in [5.41, 5.74) is 4.20. The lowest BCUT2D eigenvalue weighted by atomic mass is 10.2. The monoisotopic (exact) mass is 358 g/mol. The van der Waals surface area contributed by atoms with E-state index in [9.17, 15) is 18.8 Å². The maximum atomic E-state index is 13.4. The predicted octanol–water partition coefficient (Wildman–Crippen LogP) is 2.84. The van der Waals surface area contributed by atoms with Crippen LogP contribution in [0.5, 0.6) is 0 Å². The van der Waals surface area contributed by atoms with Gasteiger partial charge in [0.05, 0.1) is 11.3 Å². The first-order chi connectivity index (χ1) is 11.0. The van der Waals surface area contributed by atoms with E-state index in [1.807, 2.05) is 0 Å². The Bertz CT molecular complexity index is 658. The topological polar surface area (TPSA) is 119 Å². The van der Waals surface area contributed by atoms with Gasteiger partial charge in [-0.15, -0.1) is 11.8 Å². The van der Waals surface area contributed by atoms with Crippen molar-refractivity contribution in [3.63, 3.8) is 0 Å². The minimum Gasteiger partial charge on any atom is -0.478 e. The summed E-state index contributed by atoms with van der Waals surface area (Å²) in [4.78, 5) is 32.5. The van der Waals surface area contributed by atoms with Crippen LogP contribution in [0.2, 0.25) is 0 Å². The summed E-state index contributed by atoms with van der Waals surface area (Å²) in [7, 11) is 0. The summed E-state index contributed by atoms with van der Waals surface area (Å²) in [5, 5.41) is 11.3. The van der Waals surface area contributed by atoms with Crippen LogP contribution in [0.25, 0.3) is 0 Å². The number of primary amides is 1. The number of hydrogen-bond donors (Lipinski definition) is 3. The minimum atomic E-state index is -1.34. The second-order valence-electron chi connectivity index (χ2n) is 5.81. The Labute approximate surface area is 142 Å². The molecular formula is C15H19FN2O5S. The van der Waals surface area contributed by atoms with Crippen LogP contribution in [0.3, 0.4) is 0 Å². The number of rotatable bonds is 1. The Morgan fingerprint density at radius 3 is 2.46 bits per heavy atom. The number of amides is 2. The smallest absolute Gasteiger partial charge is 0.405 e. The zero-order chi connectivity index (χ0) is 18.5. The molecule has 0 saturated carbocycles. The summed E-state index contributed by atoms with van der Waals surface area (Å²) >= 11 is 1.33. The van der Waals surface area contributed by atoms with E-state index in [2.05, 4.69) is 10.1 Å². The molecule has 2 amide bonds. The zero-order valence-corrected chi connectivity index (χ0v) is 14.3. The highest BCUT2D eigenvalue weighted by atomic mass is 32.2. The van der Waals surface area contributed by atoms with Crippen molar-refractivity contribution in [3.8, 4) is 0 Å². The largest absolute Gasteiger partial charge is 0.478 e. The molecule has 0 fully saturated rings. The van der Waals surface area contributed by atoms with Gasteiger partial charge in [-0.1, -0.05) is 0 Å². The van der Waals surface area contributed by atoms with Crippen molar-refractivity contribution >= 4 is 35.4 Å². The highest BCUT2D eigenvalue weighted by molar-refractivity contribution is 7.99. The molecule has 1 heterocycles. The molecule has 7 nitrogen and oxygen atoms in total. The van der Waals surface area contributed by atoms with E-state index in [-0.39, 0.29) is 5.91 Å². The number of aromatic carboxylic acids is 1. The Balaban J connectivity index is 0.000000307. The van der Waals surface area contributed by atoms with Gasteiger partial charge < -0.3 is 20.9 Å². The van der Waals surface area contributed by atoms with Gasteiger partial charge in [0.1, 0.15) is 11.4 Å². The Morgan fingerprint density at radius 1 is 1.38 bits per heavy atom. The van der Waals surface area contributed by atoms with Gasteiger partial charge in [-0.25, -0.2) is 14.0 Å². The number of anilines is 1. The van der Waals surface area contributed by atoms with Gasteiger partial charge in [-0.05, 0) is 32.9 Å². The van der Waals surface area contributed by atoms with E-state index < -0.39 is 29.0 Å². The van der Waals surface area contributed by atoms with Gasteiger partial charge in [0.25, 0.3) is 0 Å². The number of carboxylic acids is 1. The number of fused-ring (bicyclic) bond motifs is 1. The fourth-order valence-electron chi connectivity index (χ4n) is 1.70. The van der Waals surface area contributed by atoms with Crippen LogP contribution >= 0.6 is 11.8 Å². The average Bonchev–Trinajstić information content (AvgIpc) is 2.55. The van der Waals surface area contributed by atoms with Gasteiger partial charge in [0, 0.05) is 17.1 Å². The molecule has 0 aliphatic carbocycles. The second-order valence-corrected chi connectivity index (χ2v) is 6.95. The van der Waals surface area contributed by atoms with Crippen molar-refractivity contribution in [2.45, 2.75) is 37.7 Å². The molecule has 1 aromatic carbocycles. The van der Waals surface area contributed by atoms with Gasteiger partial charge in [-0.3, -0.25) is 4.79 Å². The lowest BCUT2D eigenvalue weighted by Crippen LogP contribution is -2.27.